The lowest BCUT2D eigenvalue weighted by Gasteiger charge is -2.08. The Balaban J connectivity index is 0.000000845. The number of nitrogens with one attached hydrogen (secondary N) is 1. The van der Waals surface area contributed by atoms with Gasteiger partial charge in [0.15, 0.2) is 0 Å². The Morgan fingerprint density at radius 1 is 1.23 bits per heavy atom. The number of aryl methyl sites for hydroxylation is 1. The SMILES string of the molecule is Cl.Clc1cccc2c1NCCCC2. The second-order valence-electron chi connectivity index (χ2n) is 3.16. The minimum atomic E-state index is 0. The first-order chi connectivity index (χ1) is 5.88. The van der Waals surface area contributed by atoms with Crippen molar-refractivity contribution in [3.63, 3.8) is 0 Å². The monoisotopic (exact) mass is 217 g/mol. The highest BCUT2D eigenvalue weighted by atomic mass is 35.5. The average molecular weight is 218 g/mol. The van der Waals surface area contributed by atoms with Crippen molar-refractivity contribution in [2.24, 2.45) is 0 Å². The normalized spacial score (nSPS) is 14.8. The van der Waals surface area contributed by atoms with E-state index in [1.54, 1.807) is 0 Å². The molecule has 1 heterocycles. The van der Waals surface area contributed by atoms with Crippen LogP contribution in [0.3, 0.4) is 0 Å². The van der Waals surface area contributed by atoms with Crippen LogP contribution in [-0.4, -0.2) is 6.54 Å². The predicted octanol–water partition coefficient (Wildman–Crippen LogP) is 3.51. The van der Waals surface area contributed by atoms with Crippen LogP contribution < -0.4 is 5.32 Å². The summed E-state index contributed by atoms with van der Waals surface area (Å²) in [7, 11) is 0. The fraction of sp³-hybridized carbons (Fsp3) is 0.400. The molecule has 1 aromatic rings. The van der Waals surface area contributed by atoms with Crippen LogP contribution in [0.15, 0.2) is 18.2 Å². The topological polar surface area (TPSA) is 12.0 Å². The van der Waals surface area contributed by atoms with Crippen LogP contribution in [0.4, 0.5) is 5.69 Å². The van der Waals surface area contributed by atoms with Gasteiger partial charge in [-0.1, -0.05) is 23.7 Å². The minimum absolute atomic E-state index is 0. The molecular weight excluding hydrogens is 205 g/mol. The highest BCUT2D eigenvalue weighted by Crippen LogP contribution is 2.28. The van der Waals surface area contributed by atoms with Gasteiger partial charge in [0, 0.05) is 6.54 Å². The van der Waals surface area contributed by atoms with E-state index in [0.717, 1.165) is 23.7 Å². The van der Waals surface area contributed by atoms with E-state index in [4.69, 9.17) is 11.6 Å². The lowest BCUT2D eigenvalue weighted by atomic mass is 10.1. The molecule has 0 radical (unpaired) electrons. The number of hydrogen-bond donors (Lipinski definition) is 1. The summed E-state index contributed by atoms with van der Waals surface area (Å²) in [6.07, 6.45) is 3.66. The van der Waals surface area contributed by atoms with Crippen molar-refractivity contribution >= 4 is 29.7 Å². The van der Waals surface area contributed by atoms with E-state index in [1.165, 1.54) is 18.4 Å². The number of fused-ring (bicyclic) bond motifs is 1. The molecule has 13 heavy (non-hydrogen) atoms. The third-order valence-corrected chi connectivity index (χ3v) is 2.59. The summed E-state index contributed by atoms with van der Waals surface area (Å²) >= 11 is 6.05. The van der Waals surface area contributed by atoms with Crippen molar-refractivity contribution in [2.45, 2.75) is 19.3 Å². The van der Waals surface area contributed by atoms with Crippen molar-refractivity contribution in [1.29, 1.82) is 0 Å². The van der Waals surface area contributed by atoms with Crippen LogP contribution in [0.5, 0.6) is 0 Å². The molecule has 0 fully saturated rings. The van der Waals surface area contributed by atoms with Gasteiger partial charge in [0.05, 0.1) is 10.7 Å². The van der Waals surface area contributed by atoms with Gasteiger partial charge in [0.2, 0.25) is 0 Å². The van der Waals surface area contributed by atoms with Crippen LogP contribution in [-0.2, 0) is 6.42 Å². The molecule has 0 aromatic heterocycles. The lowest BCUT2D eigenvalue weighted by Crippen LogP contribution is -1.99. The zero-order valence-corrected chi connectivity index (χ0v) is 8.92. The van der Waals surface area contributed by atoms with E-state index >= 15 is 0 Å². The summed E-state index contributed by atoms with van der Waals surface area (Å²) < 4.78 is 0. The molecule has 72 valence electrons. The number of para-hydroxylation sites is 1. The number of halogens is 2. The van der Waals surface area contributed by atoms with Crippen molar-refractivity contribution in [1.82, 2.24) is 0 Å². The van der Waals surface area contributed by atoms with Crippen molar-refractivity contribution in [2.75, 3.05) is 11.9 Å². The van der Waals surface area contributed by atoms with Crippen molar-refractivity contribution in [3.05, 3.63) is 28.8 Å². The summed E-state index contributed by atoms with van der Waals surface area (Å²) in [5, 5.41) is 4.22. The van der Waals surface area contributed by atoms with Gasteiger partial charge in [0.1, 0.15) is 0 Å². The fourth-order valence-corrected chi connectivity index (χ4v) is 1.89. The molecular formula is C10H13Cl2N. The van der Waals surface area contributed by atoms with Crippen LogP contribution >= 0.6 is 24.0 Å². The summed E-state index contributed by atoms with van der Waals surface area (Å²) in [5.74, 6) is 0. The fourth-order valence-electron chi connectivity index (χ4n) is 1.63. The Morgan fingerprint density at radius 3 is 2.92 bits per heavy atom. The molecule has 0 amide bonds. The second-order valence-corrected chi connectivity index (χ2v) is 3.57. The van der Waals surface area contributed by atoms with Gasteiger partial charge in [-0.3, -0.25) is 0 Å². The van der Waals surface area contributed by atoms with Gasteiger partial charge in [-0.2, -0.15) is 0 Å². The molecule has 0 bridgehead atoms. The standard InChI is InChI=1S/C10H12ClN.ClH/c11-9-6-3-5-8-4-1-2-7-12-10(8)9;/h3,5-6,12H,1-2,4,7H2;1H. The molecule has 1 aliphatic heterocycles. The second kappa shape index (κ2) is 4.73. The number of hydrogen-bond acceptors (Lipinski definition) is 1. The zero-order valence-electron chi connectivity index (χ0n) is 7.35. The molecule has 0 unspecified atom stereocenters. The molecule has 0 saturated carbocycles. The Morgan fingerprint density at radius 2 is 2.08 bits per heavy atom. The molecule has 3 heteroatoms. The highest BCUT2D eigenvalue weighted by molar-refractivity contribution is 6.33. The molecule has 0 atom stereocenters. The summed E-state index contributed by atoms with van der Waals surface area (Å²) in [6.45, 7) is 1.05. The summed E-state index contributed by atoms with van der Waals surface area (Å²) in [5.41, 5.74) is 2.51. The number of benzene rings is 1. The largest absolute Gasteiger partial charge is 0.384 e. The first-order valence-electron chi connectivity index (χ1n) is 4.39. The Kier molecular flexibility index (Phi) is 3.89. The molecule has 1 nitrogen and oxygen atoms in total. The Hall–Kier alpha value is -0.400. The highest BCUT2D eigenvalue weighted by Gasteiger charge is 2.08. The first kappa shape index (κ1) is 10.7. The Labute approximate surface area is 89.9 Å². The van der Waals surface area contributed by atoms with E-state index in [0.29, 0.717) is 0 Å². The van der Waals surface area contributed by atoms with E-state index in [9.17, 15) is 0 Å². The van der Waals surface area contributed by atoms with E-state index < -0.39 is 0 Å². The van der Waals surface area contributed by atoms with Crippen molar-refractivity contribution in [3.8, 4) is 0 Å². The maximum Gasteiger partial charge on any atom is 0.0640 e. The molecule has 1 aromatic carbocycles. The predicted molar refractivity (Wildman–Crippen MR) is 60.1 cm³/mol. The molecule has 0 saturated heterocycles. The zero-order chi connectivity index (χ0) is 8.39. The van der Waals surface area contributed by atoms with Crippen LogP contribution in [0.1, 0.15) is 18.4 Å². The minimum Gasteiger partial charge on any atom is -0.384 e. The number of anilines is 1. The Bertz CT molecular complexity index is 286. The van der Waals surface area contributed by atoms with Gasteiger partial charge < -0.3 is 5.32 Å². The quantitative estimate of drug-likeness (QED) is 0.702. The first-order valence-corrected chi connectivity index (χ1v) is 4.77. The van der Waals surface area contributed by atoms with Gasteiger partial charge >= 0.3 is 0 Å². The van der Waals surface area contributed by atoms with Gasteiger partial charge in [0.25, 0.3) is 0 Å². The van der Waals surface area contributed by atoms with Gasteiger partial charge in [-0.15, -0.1) is 12.4 Å². The third kappa shape index (κ3) is 2.29. The van der Waals surface area contributed by atoms with E-state index in [1.807, 2.05) is 12.1 Å². The third-order valence-electron chi connectivity index (χ3n) is 2.27. The summed E-state index contributed by atoms with van der Waals surface area (Å²) in [4.78, 5) is 0. The molecule has 0 aliphatic carbocycles. The van der Waals surface area contributed by atoms with Gasteiger partial charge in [-0.05, 0) is 30.9 Å². The van der Waals surface area contributed by atoms with E-state index in [2.05, 4.69) is 11.4 Å². The maximum atomic E-state index is 6.05. The summed E-state index contributed by atoms with van der Waals surface area (Å²) in [6, 6.07) is 6.12. The molecule has 2 rings (SSSR count). The van der Waals surface area contributed by atoms with Gasteiger partial charge in [-0.25, -0.2) is 0 Å². The van der Waals surface area contributed by atoms with Crippen molar-refractivity contribution < 1.29 is 0 Å². The molecule has 0 spiro atoms. The molecule has 1 N–H and O–H groups in total. The smallest absolute Gasteiger partial charge is 0.0640 e. The van der Waals surface area contributed by atoms with Crippen LogP contribution in [0.2, 0.25) is 5.02 Å². The van der Waals surface area contributed by atoms with Crippen LogP contribution in [0.25, 0.3) is 0 Å². The van der Waals surface area contributed by atoms with E-state index in [-0.39, 0.29) is 12.4 Å². The maximum absolute atomic E-state index is 6.05. The molecule has 1 aliphatic rings. The van der Waals surface area contributed by atoms with Crippen LogP contribution in [0, 0.1) is 0 Å². The number of rotatable bonds is 0. The average Bonchev–Trinajstić information content (AvgIpc) is 2.30. The lowest BCUT2D eigenvalue weighted by molar-refractivity contribution is 0.785.